The maximum atomic E-state index is 12.9. The molecule has 0 aromatic heterocycles. The Morgan fingerprint density at radius 3 is 1.92 bits per heavy atom. The van der Waals surface area contributed by atoms with E-state index in [0.717, 1.165) is 47.4 Å². The minimum absolute atomic E-state index is 0. The van der Waals surface area contributed by atoms with Gasteiger partial charge in [-0.05, 0) is 57.9 Å². The second-order valence-corrected chi connectivity index (χ2v) is 6.18. The van der Waals surface area contributed by atoms with Gasteiger partial charge in [0.2, 0.25) is 0 Å². The maximum Gasteiger partial charge on any atom is 0.282 e. The standard InChI is InChI=1S/C19H29N3O.Y/c1-7-17(22(8-2,9-3)10-4)19(23)21-18-14(5)11-16(13-20)12-15(18)6;/h11-12,17H,7-10H2,1-6H3;/p+1. The molecule has 0 bridgehead atoms. The molecule has 24 heavy (non-hydrogen) atoms. The Labute approximate surface area is 172 Å². The molecule has 5 heteroatoms. The van der Waals surface area contributed by atoms with Crippen molar-refractivity contribution in [3.05, 3.63) is 28.8 Å². The average molecular weight is 405 g/mol. The number of benzene rings is 1. The average Bonchev–Trinajstić information content (AvgIpc) is 2.55. The van der Waals surface area contributed by atoms with Crippen molar-refractivity contribution in [1.29, 1.82) is 5.26 Å². The summed E-state index contributed by atoms with van der Waals surface area (Å²) in [6.07, 6.45) is 0.815. The Hall–Kier alpha value is -0.756. The first-order valence-electron chi connectivity index (χ1n) is 8.56. The Kier molecular flexibility index (Phi) is 9.96. The quantitative estimate of drug-likeness (QED) is 0.703. The van der Waals surface area contributed by atoms with Gasteiger partial charge in [0.25, 0.3) is 5.91 Å². The molecule has 129 valence electrons. The van der Waals surface area contributed by atoms with Crippen molar-refractivity contribution in [2.75, 3.05) is 25.0 Å². The number of amides is 1. The number of nitrogens with zero attached hydrogens (tertiary/aromatic N) is 2. The number of likely N-dealkylation sites (N-methyl/N-ethyl adjacent to an activating group) is 1. The number of anilines is 1. The molecule has 4 nitrogen and oxygen atoms in total. The number of carbonyl (C=O) groups excluding carboxylic acids is 1. The molecular weight excluding hydrogens is 375 g/mol. The Morgan fingerprint density at radius 2 is 1.58 bits per heavy atom. The fourth-order valence-corrected chi connectivity index (χ4v) is 3.59. The van der Waals surface area contributed by atoms with Gasteiger partial charge in [0, 0.05) is 44.8 Å². The number of carbonyl (C=O) groups is 1. The summed E-state index contributed by atoms with van der Waals surface area (Å²) in [4.78, 5) is 12.9. The first kappa shape index (κ1) is 23.2. The fourth-order valence-electron chi connectivity index (χ4n) is 3.59. The molecule has 1 aromatic rings. The second kappa shape index (κ2) is 10.3. The molecule has 0 aliphatic heterocycles. The zero-order valence-electron chi connectivity index (χ0n) is 15.9. The molecule has 0 fully saturated rings. The van der Waals surface area contributed by atoms with E-state index in [1.54, 1.807) is 0 Å². The second-order valence-electron chi connectivity index (χ2n) is 6.18. The molecule has 1 N–H and O–H groups in total. The predicted octanol–water partition coefficient (Wildman–Crippen LogP) is 3.77. The number of hydrogen-bond acceptors (Lipinski definition) is 2. The fraction of sp³-hybridized carbons (Fsp3) is 0.579. The molecule has 1 radical (unpaired) electrons. The van der Waals surface area contributed by atoms with Crippen molar-refractivity contribution in [3.8, 4) is 6.07 Å². The van der Waals surface area contributed by atoms with Gasteiger partial charge in [-0.3, -0.25) is 4.79 Å². The molecule has 1 atom stereocenters. The van der Waals surface area contributed by atoms with E-state index in [0.29, 0.717) is 5.56 Å². The number of hydrogen-bond donors (Lipinski definition) is 1. The first-order chi connectivity index (χ1) is 10.9. The van der Waals surface area contributed by atoms with Crippen molar-refractivity contribution in [1.82, 2.24) is 0 Å². The molecule has 1 amide bonds. The Morgan fingerprint density at radius 1 is 1.12 bits per heavy atom. The predicted molar refractivity (Wildman–Crippen MR) is 95.2 cm³/mol. The van der Waals surface area contributed by atoms with Crippen molar-refractivity contribution in [2.45, 2.75) is 54.0 Å². The summed E-state index contributed by atoms with van der Waals surface area (Å²) in [6.45, 7) is 15.3. The summed E-state index contributed by atoms with van der Waals surface area (Å²) >= 11 is 0. The van der Waals surface area contributed by atoms with Gasteiger partial charge in [0.1, 0.15) is 0 Å². The largest absolute Gasteiger partial charge is 0.320 e. The Balaban J connectivity index is 0.00000529. The van der Waals surface area contributed by atoms with Crippen molar-refractivity contribution in [2.24, 2.45) is 0 Å². The van der Waals surface area contributed by atoms with Crippen molar-refractivity contribution < 1.29 is 42.0 Å². The molecule has 1 unspecified atom stereocenters. The molecule has 0 aliphatic carbocycles. The van der Waals surface area contributed by atoms with E-state index >= 15 is 0 Å². The van der Waals surface area contributed by atoms with Crippen LogP contribution < -0.4 is 5.32 Å². The van der Waals surface area contributed by atoms with Gasteiger partial charge < -0.3 is 9.80 Å². The summed E-state index contributed by atoms with van der Waals surface area (Å²) < 4.78 is 0.802. The van der Waals surface area contributed by atoms with Gasteiger partial charge >= 0.3 is 0 Å². The normalized spacial score (nSPS) is 12.0. The molecule has 0 spiro atoms. The minimum Gasteiger partial charge on any atom is -0.320 e. The number of aryl methyl sites for hydroxylation is 2. The van der Waals surface area contributed by atoms with Gasteiger partial charge in [-0.15, -0.1) is 0 Å². The summed E-state index contributed by atoms with van der Waals surface area (Å²) in [7, 11) is 0. The molecule has 1 rings (SSSR count). The summed E-state index contributed by atoms with van der Waals surface area (Å²) in [5, 5.41) is 12.2. The van der Waals surface area contributed by atoms with E-state index in [9.17, 15) is 4.79 Å². The van der Waals surface area contributed by atoms with E-state index < -0.39 is 0 Å². The van der Waals surface area contributed by atoms with Crippen LogP contribution in [0, 0.1) is 25.2 Å². The molecular formula is C19H30N3OY+. The van der Waals surface area contributed by atoms with Gasteiger partial charge in [-0.1, -0.05) is 6.92 Å². The first-order valence-corrected chi connectivity index (χ1v) is 8.56. The van der Waals surface area contributed by atoms with Crippen LogP contribution in [0.1, 0.15) is 50.8 Å². The van der Waals surface area contributed by atoms with Gasteiger partial charge in [-0.2, -0.15) is 5.26 Å². The summed E-state index contributed by atoms with van der Waals surface area (Å²) in [5.41, 5.74) is 3.35. The topological polar surface area (TPSA) is 52.9 Å². The number of quaternary nitrogens is 1. The third-order valence-corrected chi connectivity index (χ3v) is 5.15. The van der Waals surface area contributed by atoms with Crippen molar-refractivity contribution in [3.63, 3.8) is 0 Å². The molecule has 0 aliphatic rings. The zero-order valence-corrected chi connectivity index (χ0v) is 18.8. The van der Waals surface area contributed by atoms with E-state index in [1.807, 2.05) is 26.0 Å². The molecule has 0 saturated carbocycles. The summed E-state index contributed by atoms with van der Waals surface area (Å²) in [6, 6.07) is 5.76. The summed E-state index contributed by atoms with van der Waals surface area (Å²) in [5.74, 6) is 0.0777. The number of nitriles is 1. The van der Waals surface area contributed by atoms with Crippen LogP contribution in [0.15, 0.2) is 12.1 Å². The van der Waals surface area contributed by atoms with Crippen LogP contribution in [0.2, 0.25) is 0 Å². The van der Waals surface area contributed by atoms with Crippen LogP contribution >= 0.6 is 0 Å². The zero-order chi connectivity index (χ0) is 17.6. The van der Waals surface area contributed by atoms with Crippen LogP contribution in [0.4, 0.5) is 5.69 Å². The number of rotatable bonds is 7. The molecule has 1 aromatic carbocycles. The third kappa shape index (κ3) is 4.88. The maximum absolute atomic E-state index is 12.9. The van der Waals surface area contributed by atoms with Crippen LogP contribution in [-0.4, -0.2) is 36.1 Å². The van der Waals surface area contributed by atoms with E-state index in [2.05, 4.69) is 39.1 Å². The van der Waals surface area contributed by atoms with Crippen LogP contribution in [0.3, 0.4) is 0 Å². The van der Waals surface area contributed by atoms with Crippen LogP contribution in [0.25, 0.3) is 0 Å². The van der Waals surface area contributed by atoms with Crippen LogP contribution in [-0.2, 0) is 37.5 Å². The molecule has 0 saturated heterocycles. The molecule has 0 heterocycles. The van der Waals surface area contributed by atoms with E-state index in [1.165, 1.54) is 0 Å². The van der Waals surface area contributed by atoms with Gasteiger partial charge in [0.05, 0.1) is 31.3 Å². The van der Waals surface area contributed by atoms with E-state index in [-0.39, 0.29) is 44.7 Å². The van der Waals surface area contributed by atoms with Gasteiger partial charge in [0.15, 0.2) is 6.04 Å². The SMILES string of the molecule is CCC(C(=O)Nc1c(C)cc(C#N)cc1C)[N+](CC)(CC)CC.[Y]. The van der Waals surface area contributed by atoms with Gasteiger partial charge in [-0.25, -0.2) is 0 Å². The van der Waals surface area contributed by atoms with Crippen LogP contribution in [0.5, 0.6) is 0 Å². The van der Waals surface area contributed by atoms with Crippen molar-refractivity contribution >= 4 is 11.6 Å². The monoisotopic (exact) mass is 405 g/mol. The Bertz CT molecular complexity index is 572. The minimum atomic E-state index is -0.0514. The van der Waals surface area contributed by atoms with E-state index in [4.69, 9.17) is 5.26 Å². The number of nitrogens with one attached hydrogen (secondary N) is 1. The smallest absolute Gasteiger partial charge is 0.282 e. The third-order valence-electron chi connectivity index (χ3n) is 5.15.